The third-order valence-electron chi connectivity index (χ3n) is 2.12. The van der Waals surface area contributed by atoms with Crippen molar-refractivity contribution in [3.8, 4) is 5.88 Å². The SMILES string of the molecule is COc1ccc2[nH]c(CCSC)nc2n1. The third-order valence-corrected chi connectivity index (χ3v) is 2.73. The molecule has 0 saturated carbocycles. The van der Waals surface area contributed by atoms with Crippen LogP contribution in [0.15, 0.2) is 12.1 Å². The van der Waals surface area contributed by atoms with Crippen molar-refractivity contribution in [2.75, 3.05) is 19.1 Å². The van der Waals surface area contributed by atoms with Gasteiger partial charge in [0.25, 0.3) is 0 Å². The Morgan fingerprint density at radius 3 is 3.00 bits per heavy atom. The fraction of sp³-hybridized carbons (Fsp3) is 0.400. The van der Waals surface area contributed by atoms with Gasteiger partial charge in [-0.25, -0.2) is 4.98 Å². The van der Waals surface area contributed by atoms with E-state index in [4.69, 9.17) is 4.74 Å². The number of aromatic amines is 1. The van der Waals surface area contributed by atoms with E-state index < -0.39 is 0 Å². The molecule has 5 heteroatoms. The van der Waals surface area contributed by atoms with E-state index in [1.54, 1.807) is 7.11 Å². The number of aryl methyl sites for hydroxylation is 1. The molecule has 2 heterocycles. The highest BCUT2D eigenvalue weighted by molar-refractivity contribution is 7.98. The van der Waals surface area contributed by atoms with Crippen LogP contribution in [0.1, 0.15) is 5.82 Å². The van der Waals surface area contributed by atoms with Gasteiger partial charge < -0.3 is 9.72 Å². The number of nitrogens with one attached hydrogen (secondary N) is 1. The molecule has 0 saturated heterocycles. The fourth-order valence-electron chi connectivity index (χ4n) is 1.36. The van der Waals surface area contributed by atoms with E-state index in [0.29, 0.717) is 5.88 Å². The van der Waals surface area contributed by atoms with Gasteiger partial charge in [0.1, 0.15) is 5.82 Å². The van der Waals surface area contributed by atoms with Gasteiger partial charge in [-0.15, -0.1) is 0 Å². The molecular formula is C10H13N3OS. The number of imidazole rings is 1. The van der Waals surface area contributed by atoms with E-state index in [1.165, 1.54) is 0 Å². The van der Waals surface area contributed by atoms with E-state index in [1.807, 2.05) is 23.9 Å². The number of H-pyrrole nitrogens is 1. The van der Waals surface area contributed by atoms with Crippen LogP contribution in [0.4, 0.5) is 0 Å². The van der Waals surface area contributed by atoms with Gasteiger partial charge in [0.2, 0.25) is 5.88 Å². The highest BCUT2D eigenvalue weighted by Crippen LogP contribution is 2.14. The quantitative estimate of drug-likeness (QED) is 0.859. The molecule has 80 valence electrons. The van der Waals surface area contributed by atoms with Crippen LogP contribution in [0.3, 0.4) is 0 Å². The lowest BCUT2D eigenvalue weighted by molar-refractivity contribution is 0.399. The summed E-state index contributed by atoms with van der Waals surface area (Å²) in [7, 11) is 1.61. The predicted octanol–water partition coefficient (Wildman–Crippen LogP) is 1.87. The maximum atomic E-state index is 5.04. The van der Waals surface area contributed by atoms with Crippen molar-refractivity contribution in [2.24, 2.45) is 0 Å². The molecule has 0 atom stereocenters. The number of ether oxygens (including phenoxy) is 1. The summed E-state index contributed by atoms with van der Waals surface area (Å²) in [5.74, 6) is 2.65. The van der Waals surface area contributed by atoms with Crippen LogP contribution in [-0.4, -0.2) is 34.1 Å². The predicted molar refractivity (Wildman–Crippen MR) is 62.5 cm³/mol. The smallest absolute Gasteiger partial charge is 0.215 e. The summed E-state index contributed by atoms with van der Waals surface area (Å²) in [5, 5.41) is 0. The zero-order valence-electron chi connectivity index (χ0n) is 8.78. The topological polar surface area (TPSA) is 50.8 Å². The summed E-state index contributed by atoms with van der Waals surface area (Å²) in [6.07, 6.45) is 3.03. The number of nitrogens with zero attached hydrogens (tertiary/aromatic N) is 2. The first-order valence-electron chi connectivity index (χ1n) is 4.72. The Hall–Kier alpha value is -1.23. The third kappa shape index (κ3) is 2.23. The standard InChI is InChI=1S/C10H13N3OS/c1-14-9-4-3-7-10(13-9)12-8(11-7)5-6-15-2/h3-4H,5-6H2,1-2H3,(H,11,12,13). The van der Waals surface area contributed by atoms with E-state index in [0.717, 1.165) is 29.2 Å². The Balaban J connectivity index is 2.29. The molecule has 0 aliphatic heterocycles. The summed E-state index contributed by atoms with van der Waals surface area (Å²) < 4.78 is 5.04. The summed E-state index contributed by atoms with van der Waals surface area (Å²) >= 11 is 1.81. The van der Waals surface area contributed by atoms with Gasteiger partial charge in [0, 0.05) is 18.2 Å². The second-order valence-corrected chi connectivity index (χ2v) is 4.14. The van der Waals surface area contributed by atoms with E-state index in [-0.39, 0.29) is 0 Å². The molecule has 0 fully saturated rings. The van der Waals surface area contributed by atoms with Crippen molar-refractivity contribution in [3.63, 3.8) is 0 Å². The van der Waals surface area contributed by atoms with Gasteiger partial charge in [-0.2, -0.15) is 16.7 Å². The van der Waals surface area contributed by atoms with Crippen molar-refractivity contribution in [1.29, 1.82) is 0 Å². The molecule has 0 unspecified atom stereocenters. The number of aromatic nitrogens is 3. The molecule has 2 aromatic heterocycles. The van der Waals surface area contributed by atoms with Crippen molar-refractivity contribution < 1.29 is 4.74 Å². The molecule has 0 aliphatic rings. The maximum Gasteiger partial charge on any atom is 0.215 e. The Morgan fingerprint density at radius 2 is 2.27 bits per heavy atom. The zero-order chi connectivity index (χ0) is 10.7. The first kappa shape index (κ1) is 10.3. The van der Waals surface area contributed by atoms with Crippen molar-refractivity contribution in [3.05, 3.63) is 18.0 Å². The second-order valence-electron chi connectivity index (χ2n) is 3.15. The lowest BCUT2D eigenvalue weighted by Crippen LogP contribution is -1.90. The summed E-state index contributed by atoms with van der Waals surface area (Å²) in [6, 6.07) is 3.77. The minimum Gasteiger partial charge on any atom is -0.481 e. The molecule has 0 amide bonds. The van der Waals surface area contributed by atoms with Crippen LogP contribution in [0.5, 0.6) is 5.88 Å². The molecule has 0 bridgehead atoms. The second kappa shape index (κ2) is 4.53. The van der Waals surface area contributed by atoms with Gasteiger partial charge >= 0.3 is 0 Å². The lowest BCUT2D eigenvalue weighted by atomic mass is 10.4. The number of thioether (sulfide) groups is 1. The van der Waals surface area contributed by atoms with E-state index in [9.17, 15) is 0 Å². The van der Waals surface area contributed by atoms with Crippen molar-refractivity contribution >= 4 is 22.9 Å². The highest BCUT2D eigenvalue weighted by atomic mass is 32.2. The van der Waals surface area contributed by atoms with Gasteiger partial charge in [-0.1, -0.05) is 0 Å². The number of hydrogen-bond acceptors (Lipinski definition) is 4. The van der Waals surface area contributed by atoms with Crippen molar-refractivity contribution in [2.45, 2.75) is 6.42 Å². The molecule has 0 aliphatic carbocycles. The first-order chi connectivity index (χ1) is 7.33. The molecular weight excluding hydrogens is 210 g/mol. The zero-order valence-corrected chi connectivity index (χ0v) is 9.60. The van der Waals surface area contributed by atoms with E-state index >= 15 is 0 Å². The number of rotatable bonds is 4. The van der Waals surface area contributed by atoms with Crippen LogP contribution in [0.2, 0.25) is 0 Å². The average molecular weight is 223 g/mol. The molecule has 2 aromatic rings. The molecule has 15 heavy (non-hydrogen) atoms. The molecule has 0 spiro atoms. The molecule has 2 rings (SSSR count). The fourth-order valence-corrected chi connectivity index (χ4v) is 1.75. The Kier molecular flexibility index (Phi) is 3.11. The van der Waals surface area contributed by atoms with Gasteiger partial charge in [-0.05, 0) is 12.3 Å². The van der Waals surface area contributed by atoms with Crippen LogP contribution >= 0.6 is 11.8 Å². The molecule has 0 radical (unpaired) electrons. The van der Waals surface area contributed by atoms with Crippen LogP contribution < -0.4 is 4.74 Å². The van der Waals surface area contributed by atoms with Gasteiger partial charge in [0.05, 0.1) is 12.6 Å². The molecule has 4 nitrogen and oxygen atoms in total. The number of pyridine rings is 1. The van der Waals surface area contributed by atoms with Crippen LogP contribution in [0, 0.1) is 0 Å². The maximum absolute atomic E-state index is 5.04. The molecule has 1 N–H and O–H groups in total. The van der Waals surface area contributed by atoms with Crippen LogP contribution in [0.25, 0.3) is 11.2 Å². The number of hydrogen-bond donors (Lipinski definition) is 1. The van der Waals surface area contributed by atoms with E-state index in [2.05, 4.69) is 21.2 Å². The number of fused-ring (bicyclic) bond motifs is 1. The Morgan fingerprint density at radius 1 is 1.40 bits per heavy atom. The number of methoxy groups -OCH3 is 1. The summed E-state index contributed by atoms with van der Waals surface area (Å²) in [6.45, 7) is 0. The summed E-state index contributed by atoms with van der Waals surface area (Å²) in [4.78, 5) is 11.9. The largest absolute Gasteiger partial charge is 0.481 e. The van der Waals surface area contributed by atoms with Crippen LogP contribution in [-0.2, 0) is 6.42 Å². The Labute approximate surface area is 92.5 Å². The lowest BCUT2D eigenvalue weighted by Gasteiger charge is -1.95. The minimum atomic E-state index is 0.602. The van der Waals surface area contributed by atoms with Gasteiger partial charge in [-0.3, -0.25) is 0 Å². The molecule has 0 aromatic carbocycles. The highest BCUT2D eigenvalue weighted by Gasteiger charge is 2.04. The summed E-state index contributed by atoms with van der Waals surface area (Å²) in [5.41, 5.74) is 1.69. The first-order valence-corrected chi connectivity index (χ1v) is 6.11. The monoisotopic (exact) mass is 223 g/mol. The Bertz CT molecular complexity index is 455. The normalized spacial score (nSPS) is 10.8. The van der Waals surface area contributed by atoms with Crippen molar-refractivity contribution in [1.82, 2.24) is 15.0 Å². The minimum absolute atomic E-state index is 0.602. The van der Waals surface area contributed by atoms with Gasteiger partial charge in [0.15, 0.2) is 5.65 Å². The average Bonchev–Trinajstić information content (AvgIpc) is 2.67.